The van der Waals surface area contributed by atoms with Crippen molar-refractivity contribution in [2.24, 2.45) is 0 Å². The van der Waals surface area contributed by atoms with Gasteiger partial charge in [0.05, 0.1) is 7.11 Å². The highest BCUT2D eigenvalue weighted by atomic mass is 79.9. The van der Waals surface area contributed by atoms with Crippen LogP contribution in [0.1, 0.15) is 22.3 Å². The van der Waals surface area contributed by atoms with Crippen molar-refractivity contribution < 1.29 is 13.9 Å². The fourth-order valence-corrected chi connectivity index (χ4v) is 2.64. The summed E-state index contributed by atoms with van der Waals surface area (Å²) in [4.78, 5) is 0. The van der Waals surface area contributed by atoms with Gasteiger partial charge < -0.3 is 9.47 Å². The summed E-state index contributed by atoms with van der Waals surface area (Å²) in [6, 6.07) is 9.20. The number of benzene rings is 2. The fourth-order valence-electron chi connectivity index (χ4n) is 2.32. The predicted octanol–water partition coefficient (Wildman–Crippen LogP) is 4.93. The second-order valence-electron chi connectivity index (χ2n) is 4.91. The molecule has 0 saturated carbocycles. The number of rotatable bonds is 5. The summed E-state index contributed by atoms with van der Waals surface area (Å²) < 4.78 is 24.9. The predicted molar refractivity (Wildman–Crippen MR) is 85.8 cm³/mol. The number of ether oxygens (including phenoxy) is 2. The minimum atomic E-state index is -0.368. The Hall–Kier alpha value is -1.55. The third-order valence-corrected chi connectivity index (χ3v) is 3.96. The Morgan fingerprint density at radius 1 is 1.14 bits per heavy atom. The van der Waals surface area contributed by atoms with Gasteiger partial charge in [-0.1, -0.05) is 40.2 Å². The monoisotopic (exact) mass is 352 g/mol. The standard InChI is InChI=1S/C17H18BrFO2/c1-11-7-13(9-18)8-12(2)17(11)21-10-14-5-4-6-15(20-3)16(14)19/h4-8H,9-10H2,1-3H3. The zero-order valence-electron chi connectivity index (χ0n) is 12.4. The normalized spacial score (nSPS) is 10.5. The van der Waals surface area contributed by atoms with E-state index in [9.17, 15) is 4.39 Å². The van der Waals surface area contributed by atoms with Crippen LogP contribution in [0, 0.1) is 19.7 Å². The maximum Gasteiger partial charge on any atom is 0.171 e. The van der Waals surface area contributed by atoms with Crippen molar-refractivity contribution in [3.05, 3.63) is 58.4 Å². The molecule has 112 valence electrons. The quantitative estimate of drug-likeness (QED) is 0.710. The van der Waals surface area contributed by atoms with E-state index in [4.69, 9.17) is 9.47 Å². The minimum Gasteiger partial charge on any atom is -0.494 e. The molecule has 2 nitrogen and oxygen atoms in total. The first-order chi connectivity index (χ1) is 10.1. The van der Waals surface area contributed by atoms with Crippen LogP contribution in [0.5, 0.6) is 11.5 Å². The van der Waals surface area contributed by atoms with E-state index in [2.05, 4.69) is 28.1 Å². The van der Waals surface area contributed by atoms with E-state index in [-0.39, 0.29) is 18.2 Å². The Morgan fingerprint density at radius 2 is 1.81 bits per heavy atom. The fraction of sp³-hybridized carbons (Fsp3) is 0.294. The van der Waals surface area contributed by atoms with Crippen LogP contribution in [0.15, 0.2) is 30.3 Å². The van der Waals surface area contributed by atoms with Gasteiger partial charge in [-0.2, -0.15) is 0 Å². The molecule has 0 spiro atoms. The van der Waals surface area contributed by atoms with E-state index in [1.807, 2.05) is 13.8 Å². The molecular weight excluding hydrogens is 335 g/mol. The van der Waals surface area contributed by atoms with E-state index in [0.717, 1.165) is 22.2 Å². The maximum absolute atomic E-state index is 14.1. The highest BCUT2D eigenvalue weighted by Gasteiger charge is 2.11. The summed E-state index contributed by atoms with van der Waals surface area (Å²) in [7, 11) is 1.45. The van der Waals surface area contributed by atoms with Crippen LogP contribution in [-0.4, -0.2) is 7.11 Å². The molecule has 0 saturated heterocycles. The van der Waals surface area contributed by atoms with Gasteiger partial charge in [-0.3, -0.25) is 0 Å². The molecule has 4 heteroatoms. The van der Waals surface area contributed by atoms with Gasteiger partial charge in [0, 0.05) is 10.9 Å². The average molecular weight is 353 g/mol. The lowest BCUT2D eigenvalue weighted by Crippen LogP contribution is -2.03. The first-order valence-corrected chi connectivity index (χ1v) is 7.79. The molecule has 0 N–H and O–H groups in total. The molecule has 0 bridgehead atoms. The van der Waals surface area contributed by atoms with E-state index >= 15 is 0 Å². The van der Waals surface area contributed by atoms with Gasteiger partial charge >= 0.3 is 0 Å². The largest absolute Gasteiger partial charge is 0.494 e. The van der Waals surface area contributed by atoms with Crippen LogP contribution >= 0.6 is 15.9 Å². The van der Waals surface area contributed by atoms with Gasteiger partial charge in [0.2, 0.25) is 0 Å². The Morgan fingerprint density at radius 3 is 2.38 bits per heavy atom. The van der Waals surface area contributed by atoms with Crippen LogP contribution in [0.2, 0.25) is 0 Å². The molecular formula is C17H18BrFO2. The molecule has 2 aromatic rings. The van der Waals surface area contributed by atoms with Gasteiger partial charge in [-0.25, -0.2) is 4.39 Å². The summed E-state index contributed by atoms with van der Waals surface area (Å²) in [5, 5.41) is 0.805. The molecule has 2 rings (SSSR count). The molecule has 0 fully saturated rings. The summed E-state index contributed by atoms with van der Waals surface area (Å²) in [5.74, 6) is 0.675. The first-order valence-electron chi connectivity index (χ1n) is 6.67. The number of alkyl halides is 1. The smallest absolute Gasteiger partial charge is 0.171 e. The lowest BCUT2D eigenvalue weighted by Gasteiger charge is -2.14. The van der Waals surface area contributed by atoms with E-state index < -0.39 is 0 Å². The SMILES string of the molecule is COc1cccc(COc2c(C)cc(CBr)cc2C)c1F. The lowest BCUT2D eigenvalue weighted by atomic mass is 10.1. The molecule has 0 aromatic heterocycles. The zero-order chi connectivity index (χ0) is 15.4. The molecule has 0 atom stereocenters. The molecule has 0 aliphatic carbocycles. The first kappa shape index (κ1) is 15.8. The summed E-state index contributed by atoms with van der Waals surface area (Å²) >= 11 is 3.45. The molecule has 0 aliphatic heterocycles. The number of methoxy groups -OCH3 is 1. The minimum absolute atomic E-state index is 0.179. The van der Waals surface area contributed by atoms with Crippen molar-refractivity contribution >= 4 is 15.9 Å². The number of hydrogen-bond acceptors (Lipinski definition) is 2. The maximum atomic E-state index is 14.1. The molecule has 0 unspecified atom stereocenters. The van der Waals surface area contributed by atoms with E-state index in [1.54, 1.807) is 18.2 Å². The zero-order valence-corrected chi connectivity index (χ0v) is 14.0. The van der Waals surface area contributed by atoms with Crippen LogP contribution < -0.4 is 9.47 Å². The van der Waals surface area contributed by atoms with Crippen molar-refractivity contribution in [2.45, 2.75) is 25.8 Å². The third kappa shape index (κ3) is 3.56. The van der Waals surface area contributed by atoms with Crippen LogP contribution in [0.4, 0.5) is 4.39 Å². The molecule has 0 heterocycles. The van der Waals surface area contributed by atoms with Crippen molar-refractivity contribution in [1.29, 1.82) is 0 Å². The van der Waals surface area contributed by atoms with Crippen LogP contribution in [0.3, 0.4) is 0 Å². The van der Waals surface area contributed by atoms with Crippen LogP contribution in [-0.2, 0) is 11.9 Å². The second kappa shape index (κ2) is 6.94. The van der Waals surface area contributed by atoms with Crippen molar-refractivity contribution in [3.8, 4) is 11.5 Å². The summed E-state index contributed by atoms with van der Waals surface area (Å²) in [6.07, 6.45) is 0. The Labute approximate surface area is 133 Å². The summed E-state index contributed by atoms with van der Waals surface area (Å²) in [6.45, 7) is 4.17. The number of hydrogen-bond donors (Lipinski definition) is 0. The Balaban J connectivity index is 2.21. The Kier molecular flexibility index (Phi) is 5.23. The molecule has 0 radical (unpaired) electrons. The lowest BCUT2D eigenvalue weighted by molar-refractivity contribution is 0.292. The van der Waals surface area contributed by atoms with Crippen molar-refractivity contribution in [1.82, 2.24) is 0 Å². The molecule has 2 aromatic carbocycles. The van der Waals surface area contributed by atoms with E-state index in [0.29, 0.717) is 5.56 Å². The number of aryl methyl sites for hydroxylation is 2. The second-order valence-corrected chi connectivity index (χ2v) is 5.48. The van der Waals surface area contributed by atoms with Crippen LogP contribution in [0.25, 0.3) is 0 Å². The molecule has 0 aliphatic rings. The van der Waals surface area contributed by atoms with Gasteiger partial charge in [-0.15, -0.1) is 0 Å². The highest BCUT2D eigenvalue weighted by molar-refractivity contribution is 9.08. The Bertz CT molecular complexity index is 618. The topological polar surface area (TPSA) is 18.5 Å². The van der Waals surface area contributed by atoms with Crippen molar-refractivity contribution in [3.63, 3.8) is 0 Å². The van der Waals surface area contributed by atoms with E-state index in [1.165, 1.54) is 12.7 Å². The third-order valence-electron chi connectivity index (χ3n) is 3.31. The van der Waals surface area contributed by atoms with Crippen molar-refractivity contribution in [2.75, 3.05) is 7.11 Å². The molecule has 21 heavy (non-hydrogen) atoms. The number of halogens is 2. The van der Waals surface area contributed by atoms with Gasteiger partial charge in [0.25, 0.3) is 0 Å². The van der Waals surface area contributed by atoms with Gasteiger partial charge in [0.15, 0.2) is 11.6 Å². The van der Waals surface area contributed by atoms with Gasteiger partial charge in [0.1, 0.15) is 12.4 Å². The molecule has 0 amide bonds. The average Bonchev–Trinajstić information content (AvgIpc) is 2.47. The van der Waals surface area contributed by atoms with Gasteiger partial charge in [-0.05, 0) is 36.6 Å². The highest BCUT2D eigenvalue weighted by Crippen LogP contribution is 2.28. The summed E-state index contributed by atoms with van der Waals surface area (Å²) in [5.41, 5.74) is 3.78.